The number of aryl methyl sites for hydroxylation is 1. The van der Waals surface area contributed by atoms with Crippen LogP contribution in [0.25, 0.3) is 0 Å². The minimum Gasteiger partial charge on any atom is -0.508 e. The van der Waals surface area contributed by atoms with Crippen molar-refractivity contribution in [2.75, 3.05) is 5.32 Å². The van der Waals surface area contributed by atoms with Gasteiger partial charge >= 0.3 is 0 Å². The molecule has 0 unspecified atom stereocenters. The van der Waals surface area contributed by atoms with Gasteiger partial charge in [-0.1, -0.05) is 43.3 Å². The zero-order chi connectivity index (χ0) is 22.0. The molecule has 156 valence electrons. The first kappa shape index (κ1) is 20.6. The molecular formula is C24H20N2O4S. The number of aromatic hydroxyl groups is 1. The molecule has 6 nitrogen and oxygen atoms in total. The molecule has 1 aliphatic carbocycles. The highest BCUT2D eigenvalue weighted by Crippen LogP contribution is 2.26. The van der Waals surface area contributed by atoms with Crippen LogP contribution in [0.1, 0.15) is 28.4 Å². The Hall–Kier alpha value is -3.71. The molecule has 31 heavy (non-hydrogen) atoms. The van der Waals surface area contributed by atoms with Crippen LogP contribution in [0, 0.1) is 0 Å². The molecule has 0 aromatic heterocycles. The summed E-state index contributed by atoms with van der Waals surface area (Å²) >= 11 is 0. The molecule has 0 atom stereocenters. The van der Waals surface area contributed by atoms with Gasteiger partial charge in [-0.15, -0.1) is 0 Å². The summed E-state index contributed by atoms with van der Waals surface area (Å²) in [5.41, 5.74) is 2.80. The standard InChI is InChI=1S/C24H20N2O4S/c1-2-16-7-13-19(14-8-16)31(29,30)26-22-15-23(25-17-9-11-18(27)12-10-17)24(28)21-6-4-3-5-20(21)22/h3-15,25,27H,2H2,1H3/b26-22+. The molecule has 0 fully saturated rings. The Morgan fingerprint density at radius 3 is 2.19 bits per heavy atom. The Labute approximate surface area is 180 Å². The number of anilines is 1. The third-order valence-corrected chi connectivity index (χ3v) is 6.27. The first-order valence-electron chi connectivity index (χ1n) is 9.73. The lowest BCUT2D eigenvalue weighted by molar-refractivity contribution is 0.103. The highest BCUT2D eigenvalue weighted by molar-refractivity contribution is 7.90. The van der Waals surface area contributed by atoms with Gasteiger partial charge in [0.15, 0.2) is 0 Å². The number of nitrogens with zero attached hydrogens (tertiary/aromatic N) is 1. The number of fused-ring (bicyclic) bond motifs is 1. The minimum atomic E-state index is -3.98. The van der Waals surface area contributed by atoms with Crippen molar-refractivity contribution < 1.29 is 18.3 Å². The molecule has 0 spiro atoms. The lowest BCUT2D eigenvalue weighted by atomic mass is 9.92. The van der Waals surface area contributed by atoms with Crippen LogP contribution < -0.4 is 5.32 Å². The van der Waals surface area contributed by atoms with Crippen molar-refractivity contribution >= 4 is 27.2 Å². The SMILES string of the molecule is CCc1ccc(S(=O)(=O)/N=C2\C=C(Nc3ccc(O)cc3)C(=O)c3ccccc32)cc1. The summed E-state index contributed by atoms with van der Waals surface area (Å²) in [6.45, 7) is 1.99. The quantitative estimate of drug-likeness (QED) is 0.585. The van der Waals surface area contributed by atoms with Crippen molar-refractivity contribution in [2.24, 2.45) is 4.40 Å². The molecule has 7 heteroatoms. The van der Waals surface area contributed by atoms with E-state index in [4.69, 9.17) is 0 Å². The van der Waals surface area contributed by atoms with E-state index in [9.17, 15) is 18.3 Å². The lowest BCUT2D eigenvalue weighted by Gasteiger charge is -2.18. The summed E-state index contributed by atoms with van der Waals surface area (Å²) in [6.07, 6.45) is 2.24. The summed E-state index contributed by atoms with van der Waals surface area (Å²) in [5, 5.41) is 12.5. The zero-order valence-electron chi connectivity index (χ0n) is 16.7. The van der Waals surface area contributed by atoms with E-state index in [1.807, 2.05) is 6.92 Å². The van der Waals surface area contributed by atoms with Crippen LogP contribution >= 0.6 is 0 Å². The normalized spacial score (nSPS) is 14.8. The molecule has 3 aromatic rings. The fraction of sp³-hybridized carbons (Fsp3) is 0.0833. The van der Waals surface area contributed by atoms with E-state index in [0.29, 0.717) is 16.8 Å². The molecular weight excluding hydrogens is 412 g/mol. The van der Waals surface area contributed by atoms with E-state index >= 15 is 0 Å². The molecule has 0 heterocycles. The number of carbonyl (C=O) groups excluding carboxylic acids is 1. The number of ketones is 1. The van der Waals surface area contributed by atoms with Crippen LogP contribution in [0.5, 0.6) is 5.75 Å². The number of carbonyl (C=O) groups is 1. The van der Waals surface area contributed by atoms with Gasteiger partial charge in [0.2, 0.25) is 5.78 Å². The van der Waals surface area contributed by atoms with E-state index in [1.54, 1.807) is 48.5 Å². The van der Waals surface area contributed by atoms with Gasteiger partial charge in [0.05, 0.1) is 16.3 Å². The second kappa shape index (κ2) is 8.20. The Kier molecular flexibility index (Phi) is 5.44. The Morgan fingerprint density at radius 1 is 0.903 bits per heavy atom. The van der Waals surface area contributed by atoms with Gasteiger partial charge in [-0.05, 0) is 54.5 Å². The van der Waals surface area contributed by atoms with Crippen molar-refractivity contribution in [1.29, 1.82) is 0 Å². The predicted molar refractivity (Wildman–Crippen MR) is 120 cm³/mol. The van der Waals surface area contributed by atoms with Gasteiger partial charge in [0.1, 0.15) is 5.75 Å². The monoisotopic (exact) mass is 432 g/mol. The number of allylic oxidation sites excluding steroid dienone is 2. The van der Waals surface area contributed by atoms with Crippen molar-refractivity contribution in [2.45, 2.75) is 18.2 Å². The maximum Gasteiger partial charge on any atom is 0.282 e. The number of rotatable bonds is 5. The number of sulfonamides is 1. The number of phenolic OH excluding ortho intramolecular Hbond substituents is 1. The Bertz CT molecular complexity index is 1310. The second-order valence-electron chi connectivity index (χ2n) is 7.05. The van der Waals surface area contributed by atoms with E-state index < -0.39 is 10.0 Å². The smallest absolute Gasteiger partial charge is 0.282 e. The molecule has 0 radical (unpaired) electrons. The van der Waals surface area contributed by atoms with Gasteiger partial charge in [0, 0.05) is 16.8 Å². The first-order chi connectivity index (χ1) is 14.9. The van der Waals surface area contributed by atoms with E-state index in [0.717, 1.165) is 12.0 Å². The zero-order valence-corrected chi connectivity index (χ0v) is 17.6. The summed E-state index contributed by atoms with van der Waals surface area (Å²) in [6, 6.07) is 19.6. The van der Waals surface area contributed by atoms with Crippen LogP contribution in [0.2, 0.25) is 0 Å². The highest BCUT2D eigenvalue weighted by Gasteiger charge is 2.26. The van der Waals surface area contributed by atoms with Gasteiger partial charge in [0.25, 0.3) is 10.0 Å². The molecule has 0 saturated carbocycles. The third kappa shape index (κ3) is 4.27. The summed E-state index contributed by atoms with van der Waals surface area (Å²) < 4.78 is 29.9. The van der Waals surface area contributed by atoms with Crippen molar-refractivity contribution in [3.63, 3.8) is 0 Å². The maximum absolute atomic E-state index is 13.0. The van der Waals surface area contributed by atoms with Crippen LogP contribution in [-0.2, 0) is 16.4 Å². The predicted octanol–water partition coefficient (Wildman–Crippen LogP) is 4.32. The molecule has 4 rings (SSSR count). The Morgan fingerprint density at radius 2 is 1.55 bits per heavy atom. The summed E-state index contributed by atoms with van der Waals surface area (Å²) in [7, 11) is -3.98. The second-order valence-corrected chi connectivity index (χ2v) is 8.66. The number of Topliss-reactive ketones (excluding diaryl/α,β-unsaturated/α-hetero) is 1. The van der Waals surface area contributed by atoms with E-state index in [1.165, 1.54) is 30.3 Å². The fourth-order valence-corrected chi connectivity index (χ4v) is 4.27. The third-order valence-electron chi connectivity index (χ3n) is 4.97. The van der Waals surface area contributed by atoms with Crippen LogP contribution in [0.3, 0.4) is 0 Å². The summed E-state index contributed by atoms with van der Waals surface area (Å²) in [4.78, 5) is 13.0. The number of benzene rings is 3. The van der Waals surface area contributed by atoms with Crippen LogP contribution in [0.15, 0.2) is 93.9 Å². The topological polar surface area (TPSA) is 95.8 Å². The van der Waals surface area contributed by atoms with Gasteiger partial charge < -0.3 is 10.4 Å². The number of nitrogens with one attached hydrogen (secondary N) is 1. The van der Waals surface area contributed by atoms with Crippen LogP contribution in [0.4, 0.5) is 5.69 Å². The first-order valence-corrected chi connectivity index (χ1v) is 11.2. The largest absolute Gasteiger partial charge is 0.508 e. The molecule has 0 aliphatic heterocycles. The van der Waals surface area contributed by atoms with Crippen molar-refractivity contribution in [1.82, 2.24) is 0 Å². The number of phenols is 1. The average Bonchev–Trinajstić information content (AvgIpc) is 2.78. The van der Waals surface area contributed by atoms with Crippen molar-refractivity contribution in [3.8, 4) is 5.75 Å². The van der Waals surface area contributed by atoms with Crippen LogP contribution in [-0.4, -0.2) is 25.0 Å². The number of hydrogen-bond donors (Lipinski definition) is 2. The fourth-order valence-electron chi connectivity index (χ4n) is 3.28. The van der Waals surface area contributed by atoms with Gasteiger partial charge in [-0.25, -0.2) is 0 Å². The van der Waals surface area contributed by atoms with Gasteiger partial charge in [-0.2, -0.15) is 12.8 Å². The number of hydrogen-bond acceptors (Lipinski definition) is 5. The molecule has 0 amide bonds. The molecule has 0 saturated heterocycles. The molecule has 0 bridgehead atoms. The molecule has 3 aromatic carbocycles. The Balaban J connectivity index is 1.78. The van der Waals surface area contributed by atoms with E-state index in [2.05, 4.69) is 9.71 Å². The molecule has 1 aliphatic rings. The van der Waals surface area contributed by atoms with Crippen molar-refractivity contribution in [3.05, 3.63) is 101 Å². The maximum atomic E-state index is 13.0. The van der Waals surface area contributed by atoms with Gasteiger partial charge in [-0.3, -0.25) is 4.79 Å². The highest BCUT2D eigenvalue weighted by atomic mass is 32.2. The molecule has 2 N–H and O–H groups in total. The van der Waals surface area contributed by atoms with E-state index in [-0.39, 0.29) is 27.8 Å². The lowest BCUT2D eigenvalue weighted by Crippen LogP contribution is -2.22. The minimum absolute atomic E-state index is 0.0908. The average molecular weight is 433 g/mol. The summed E-state index contributed by atoms with van der Waals surface area (Å²) in [5.74, 6) is -0.172.